The van der Waals surface area contributed by atoms with Gasteiger partial charge in [-0.05, 0) is 18.2 Å². The predicted molar refractivity (Wildman–Crippen MR) is 89.7 cm³/mol. The number of amides is 1. The minimum atomic E-state index is -0.478. The van der Waals surface area contributed by atoms with Gasteiger partial charge in [0.2, 0.25) is 0 Å². The Bertz CT molecular complexity index is 932. The Kier molecular flexibility index (Phi) is 3.49. The van der Waals surface area contributed by atoms with Gasteiger partial charge in [0.15, 0.2) is 0 Å². The molecule has 1 aliphatic heterocycles. The predicted octanol–water partition coefficient (Wildman–Crippen LogP) is 3.51. The van der Waals surface area contributed by atoms with Crippen molar-refractivity contribution in [1.82, 2.24) is 9.88 Å². The van der Waals surface area contributed by atoms with Crippen molar-refractivity contribution in [3.63, 3.8) is 0 Å². The van der Waals surface area contributed by atoms with Crippen LogP contribution in [0.4, 0.5) is 4.39 Å². The smallest absolute Gasteiger partial charge is 0.257 e. The summed E-state index contributed by atoms with van der Waals surface area (Å²) >= 11 is 0. The third kappa shape index (κ3) is 2.24. The number of ether oxygens (including phenoxy) is 1. The monoisotopic (exact) mass is 324 g/mol. The van der Waals surface area contributed by atoms with E-state index in [9.17, 15) is 9.18 Å². The van der Waals surface area contributed by atoms with Gasteiger partial charge < -0.3 is 14.6 Å². The first kappa shape index (κ1) is 14.8. The van der Waals surface area contributed by atoms with Crippen molar-refractivity contribution in [1.29, 1.82) is 0 Å². The van der Waals surface area contributed by atoms with Gasteiger partial charge in [0, 0.05) is 36.2 Å². The molecule has 1 aromatic heterocycles. The lowest BCUT2D eigenvalue weighted by Crippen LogP contribution is -2.36. The minimum absolute atomic E-state index is 0.123. The number of hydrogen-bond acceptors (Lipinski definition) is 2. The molecule has 2 aromatic carbocycles. The standard InChI is InChI=1S/C19H17FN2O2/c1-24-17-8-4-6-12-14-11-22(10-9-16(14)21-18(12)17)19(23)13-5-2-3-7-15(13)20/h2-8,21H,9-11H2,1H3. The Morgan fingerprint density at radius 3 is 2.83 bits per heavy atom. The molecule has 0 radical (unpaired) electrons. The van der Waals surface area contributed by atoms with E-state index in [2.05, 4.69) is 4.98 Å². The van der Waals surface area contributed by atoms with Crippen LogP contribution in [-0.2, 0) is 13.0 Å². The second-order valence-corrected chi connectivity index (χ2v) is 5.92. The molecule has 3 aromatic rings. The lowest BCUT2D eigenvalue weighted by atomic mass is 10.0. The normalized spacial score (nSPS) is 13.8. The number of aromatic amines is 1. The second kappa shape index (κ2) is 5.67. The van der Waals surface area contributed by atoms with E-state index in [1.165, 1.54) is 12.1 Å². The van der Waals surface area contributed by atoms with Gasteiger partial charge in [0.05, 0.1) is 18.2 Å². The van der Waals surface area contributed by atoms with Gasteiger partial charge in [-0.3, -0.25) is 4.79 Å². The van der Waals surface area contributed by atoms with Crippen LogP contribution < -0.4 is 4.74 Å². The Labute approximate surface area is 138 Å². The number of hydrogen-bond donors (Lipinski definition) is 1. The van der Waals surface area contributed by atoms with E-state index in [-0.39, 0.29) is 11.5 Å². The highest BCUT2D eigenvalue weighted by atomic mass is 19.1. The highest BCUT2D eigenvalue weighted by Gasteiger charge is 2.26. The zero-order valence-corrected chi connectivity index (χ0v) is 13.3. The number of para-hydroxylation sites is 1. The molecular weight excluding hydrogens is 307 g/mol. The number of benzene rings is 2. The fourth-order valence-corrected chi connectivity index (χ4v) is 3.36. The van der Waals surface area contributed by atoms with E-state index in [1.54, 1.807) is 24.1 Å². The third-order valence-electron chi connectivity index (χ3n) is 4.58. The fraction of sp³-hybridized carbons (Fsp3) is 0.211. The molecule has 1 aliphatic rings. The van der Waals surface area contributed by atoms with Crippen LogP contribution in [0, 0.1) is 5.82 Å². The molecule has 122 valence electrons. The largest absolute Gasteiger partial charge is 0.495 e. The molecule has 4 nitrogen and oxygen atoms in total. The van der Waals surface area contributed by atoms with Crippen molar-refractivity contribution in [2.45, 2.75) is 13.0 Å². The summed E-state index contributed by atoms with van der Waals surface area (Å²) in [5.74, 6) is 0.0405. The quantitative estimate of drug-likeness (QED) is 0.784. The van der Waals surface area contributed by atoms with Gasteiger partial charge in [-0.15, -0.1) is 0 Å². The number of halogens is 1. The number of rotatable bonds is 2. The van der Waals surface area contributed by atoms with Gasteiger partial charge in [0.25, 0.3) is 5.91 Å². The molecule has 2 heterocycles. The molecule has 24 heavy (non-hydrogen) atoms. The number of nitrogens with zero attached hydrogens (tertiary/aromatic N) is 1. The summed E-state index contributed by atoms with van der Waals surface area (Å²) in [6.45, 7) is 1.03. The summed E-state index contributed by atoms with van der Waals surface area (Å²) < 4.78 is 19.3. The lowest BCUT2D eigenvalue weighted by Gasteiger charge is -2.27. The zero-order chi connectivity index (χ0) is 16.7. The highest BCUT2D eigenvalue weighted by Crippen LogP contribution is 2.33. The average molecular weight is 324 g/mol. The van der Waals surface area contributed by atoms with E-state index in [1.807, 2.05) is 18.2 Å². The van der Waals surface area contributed by atoms with Gasteiger partial charge >= 0.3 is 0 Å². The topological polar surface area (TPSA) is 45.3 Å². The van der Waals surface area contributed by atoms with Crippen molar-refractivity contribution in [2.75, 3.05) is 13.7 Å². The van der Waals surface area contributed by atoms with E-state index >= 15 is 0 Å². The van der Waals surface area contributed by atoms with Crippen molar-refractivity contribution < 1.29 is 13.9 Å². The van der Waals surface area contributed by atoms with E-state index in [0.29, 0.717) is 19.5 Å². The van der Waals surface area contributed by atoms with Crippen LogP contribution in [0.1, 0.15) is 21.6 Å². The maximum absolute atomic E-state index is 13.9. The lowest BCUT2D eigenvalue weighted by molar-refractivity contribution is 0.0730. The maximum atomic E-state index is 13.9. The minimum Gasteiger partial charge on any atom is -0.495 e. The molecule has 1 N–H and O–H groups in total. The van der Waals surface area contributed by atoms with Crippen LogP contribution in [0.25, 0.3) is 10.9 Å². The highest BCUT2D eigenvalue weighted by molar-refractivity contribution is 5.95. The average Bonchev–Trinajstić information content (AvgIpc) is 2.99. The molecule has 0 aliphatic carbocycles. The summed E-state index contributed by atoms with van der Waals surface area (Å²) in [5, 5.41) is 1.05. The first-order valence-corrected chi connectivity index (χ1v) is 7.89. The van der Waals surface area contributed by atoms with E-state index < -0.39 is 5.82 Å². The number of nitrogens with one attached hydrogen (secondary N) is 1. The van der Waals surface area contributed by atoms with Crippen molar-refractivity contribution in [3.8, 4) is 5.75 Å². The first-order valence-electron chi connectivity index (χ1n) is 7.89. The van der Waals surface area contributed by atoms with Gasteiger partial charge in [-0.2, -0.15) is 0 Å². The second-order valence-electron chi connectivity index (χ2n) is 5.92. The van der Waals surface area contributed by atoms with Gasteiger partial charge in [-0.25, -0.2) is 4.39 Å². The summed E-state index contributed by atoms with van der Waals surface area (Å²) in [6.07, 6.45) is 0.716. The Morgan fingerprint density at radius 1 is 1.21 bits per heavy atom. The van der Waals surface area contributed by atoms with Crippen molar-refractivity contribution >= 4 is 16.8 Å². The molecule has 0 fully saturated rings. The molecule has 0 atom stereocenters. The molecule has 0 spiro atoms. The molecule has 0 saturated heterocycles. The molecule has 0 saturated carbocycles. The van der Waals surface area contributed by atoms with Crippen molar-refractivity contribution in [3.05, 3.63) is 65.1 Å². The van der Waals surface area contributed by atoms with E-state index in [4.69, 9.17) is 4.74 Å². The maximum Gasteiger partial charge on any atom is 0.257 e. The molecular formula is C19H17FN2O2. The van der Waals surface area contributed by atoms with Gasteiger partial charge in [0.1, 0.15) is 11.6 Å². The fourth-order valence-electron chi connectivity index (χ4n) is 3.36. The number of H-pyrrole nitrogens is 1. The van der Waals surface area contributed by atoms with Crippen LogP contribution in [-0.4, -0.2) is 29.4 Å². The molecule has 4 rings (SSSR count). The molecule has 5 heteroatoms. The van der Waals surface area contributed by atoms with Crippen LogP contribution >= 0.6 is 0 Å². The Hall–Kier alpha value is -2.82. The molecule has 0 unspecified atom stereocenters. The number of aromatic nitrogens is 1. The van der Waals surface area contributed by atoms with Crippen LogP contribution in [0.2, 0.25) is 0 Å². The SMILES string of the molecule is COc1cccc2c3c([nH]c12)CCN(C(=O)c1ccccc1F)C3. The Morgan fingerprint density at radius 2 is 2.04 bits per heavy atom. The number of fused-ring (bicyclic) bond motifs is 3. The van der Waals surface area contributed by atoms with Crippen LogP contribution in [0.15, 0.2) is 42.5 Å². The molecule has 0 bridgehead atoms. The summed E-state index contributed by atoms with van der Waals surface area (Å²) in [4.78, 5) is 17.8. The van der Waals surface area contributed by atoms with Crippen molar-refractivity contribution in [2.24, 2.45) is 0 Å². The summed E-state index contributed by atoms with van der Waals surface area (Å²) in [5.41, 5.74) is 3.27. The van der Waals surface area contributed by atoms with E-state index in [0.717, 1.165) is 27.9 Å². The summed E-state index contributed by atoms with van der Waals surface area (Å²) in [7, 11) is 1.64. The molecule has 1 amide bonds. The number of methoxy groups -OCH3 is 1. The summed E-state index contributed by atoms with van der Waals surface area (Å²) in [6, 6.07) is 12.0. The van der Waals surface area contributed by atoms with Gasteiger partial charge in [-0.1, -0.05) is 24.3 Å². The Balaban J connectivity index is 1.71. The first-order chi connectivity index (χ1) is 11.7. The number of carbonyl (C=O) groups is 1. The third-order valence-corrected chi connectivity index (χ3v) is 4.58. The van der Waals surface area contributed by atoms with Crippen LogP contribution in [0.3, 0.4) is 0 Å². The van der Waals surface area contributed by atoms with Crippen LogP contribution in [0.5, 0.6) is 5.75 Å². The number of carbonyl (C=O) groups excluding carboxylic acids is 1. The zero-order valence-electron chi connectivity index (χ0n) is 13.3.